The average Bonchev–Trinajstić information content (AvgIpc) is 2.37. The van der Waals surface area contributed by atoms with Crippen molar-refractivity contribution in [3.8, 4) is 5.75 Å². The molecule has 1 amide bonds. The minimum atomic E-state index is -0.624. The number of amides is 1. The molecule has 1 unspecified atom stereocenters. The van der Waals surface area contributed by atoms with E-state index in [0.717, 1.165) is 12.0 Å². The van der Waals surface area contributed by atoms with Crippen molar-refractivity contribution in [2.24, 2.45) is 0 Å². The quantitative estimate of drug-likeness (QED) is 0.830. The van der Waals surface area contributed by atoms with Gasteiger partial charge in [0, 0.05) is 12.1 Å². The summed E-state index contributed by atoms with van der Waals surface area (Å²) >= 11 is 0. The molecule has 106 valence electrons. The highest BCUT2D eigenvalue weighted by Crippen LogP contribution is 2.27. The van der Waals surface area contributed by atoms with E-state index in [2.05, 4.69) is 5.32 Å². The Morgan fingerprint density at radius 3 is 2.68 bits per heavy atom. The van der Waals surface area contributed by atoms with E-state index in [4.69, 9.17) is 4.74 Å². The fourth-order valence-corrected chi connectivity index (χ4v) is 1.74. The molecule has 0 fully saturated rings. The van der Waals surface area contributed by atoms with Crippen molar-refractivity contribution in [3.63, 3.8) is 0 Å². The zero-order valence-corrected chi connectivity index (χ0v) is 12.1. The van der Waals surface area contributed by atoms with Crippen molar-refractivity contribution >= 4 is 5.91 Å². The van der Waals surface area contributed by atoms with Gasteiger partial charge in [-0.25, -0.2) is 0 Å². The molecule has 0 saturated carbocycles. The Labute approximate surface area is 114 Å². The topological polar surface area (TPSA) is 58.6 Å². The van der Waals surface area contributed by atoms with Crippen molar-refractivity contribution in [2.75, 3.05) is 6.54 Å². The van der Waals surface area contributed by atoms with Gasteiger partial charge < -0.3 is 15.2 Å². The lowest BCUT2D eigenvalue weighted by atomic mass is 10.1. The van der Waals surface area contributed by atoms with Gasteiger partial charge in [-0.2, -0.15) is 0 Å². The SMILES string of the molecule is CCCNC(=O)C(C)Oc1ccc(C)cc1[C@@H](C)O. The number of carbonyl (C=O) groups is 1. The van der Waals surface area contributed by atoms with Gasteiger partial charge in [0.1, 0.15) is 5.75 Å². The maximum atomic E-state index is 11.8. The number of ether oxygens (including phenoxy) is 1. The van der Waals surface area contributed by atoms with Gasteiger partial charge >= 0.3 is 0 Å². The molecule has 1 rings (SSSR count). The summed E-state index contributed by atoms with van der Waals surface area (Å²) in [6.07, 6.45) is -0.311. The summed E-state index contributed by atoms with van der Waals surface area (Å²) in [5.41, 5.74) is 1.75. The Kier molecular flexibility index (Phi) is 5.83. The van der Waals surface area contributed by atoms with E-state index in [9.17, 15) is 9.90 Å². The van der Waals surface area contributed by atoms with Crippen LogP contribution in [-0.4, -0.2) is 23.7 Å². The molecule has 4 heteroatoms. The third-order valence-electron chi connectivity index (χ3n) is 2.84. The minimum Gasteiger partial charge on any atom is -0.481 e. The predicted molar refractivity (Wildman–Crippen MR) is 75.2 cm³/mol. The Hall–Kier alpha value is -1.55. The molecule has 0 spiro atoms. The maximum Gasteiger partial charge on any atom is 0.260 e. The molecule has 1 aromatic carbocycles. The second-order valence-corrected chi connectivity index (χ2v) is 4.77. The van der Waals surface area contributed by atoms with Crippen LogP contribution in [0.5, 0.6) is 5.75 Å². The molecule has 0 heterocycles. The number of benzene rings is 1. The van der Waals surface area contributed by atoms with E-state index < -0.39 is 12.2 Å². The van der Waals surface area contributed by atoms with Gasteiger partial charge in [0.2, 0.25) is 0 Å². The molecule has 0 saturated heterocycles. The molecule has 0 bridgehead atoms. The summed E-state index contributed by atoms with van der Waals surface area (Å²) in [5.74, 6) is 0.415. The highest BCUT2D eigenvalue weighted by molar-refractivity contribution is 5.80. The molecular weight excluding hydrogens is 242 g/mol. The molecule has 0 radical (unpaired) electrons. The molecule has 0 aliphatic rings. The summed E-state index contributed by atoms with van der Waals surface area (Å²) in [6, 6.07) is 5.57. The summed E-state index contributed by atoms with van der Waals surface area (Å²) in [5, 5.41) is 12.5. The smallest absolute Gasteiger partial charge is 0.260 e. The molecule has 2 atom stereocenters. The van der Waals surface area contributed by atoms with Crippen LogP contribution in [0.4, 0.5) is 0 Å². The first-order chi connectivity index (χ1) is 8.95. The standard InChI is InChI=1S/C15H23NO3/c1-5-8-16-15(18)12(4)19-14-7-6-10(2)9-13(14)11(3)17/h6-7,9,11-12,17H,5,8H2,1-4H3,(H,16,18)/t11-,12?/m1/s1. The summed E-state index contributed by atoms with van der Waals surface area (Å²) < 4.78 is 5.65. The normalized spacial score (nSPS) is 13.7. The van der Waals surface area contributed by atoms with Gasteiger partial charge in [0.15, 0.2) is 6.10 Å². The van der Waals surface area contributed by atoms with Crippen LogP contribution in [0, 0.1) is 6.92 Å². The summed E-state index contributed by atoms with van der Waals surface area (Å²) in [7, 11) is 0. The van der Waals surface area contributed by atoms with Crippen LogP contribution in [-0.2, 0) is 4.79 Å². The van der Waals surface area contributed by atoms with Crippen LogP contribution in [0.1, 0.15) is 44.4 Å². The van der Waals surface area contributed by atoms with E-state index in [-0.39, 0.29) is 5.91 Å². The lowest BCUT2D eigenvalue weighted by molar-refractivity contribution is -0.127. The number of rotatable bonds is 6. The molecule has 0 aliphatic heterocycles. The van der Waals surface area contributed by atoms with Crippen LogP contribution < -0.4 is 10.1 Å². The van der Waals surface area contributed by atoms with Crippen LogP contribution >= 0.6 is 0 Å². The van der Waals surface area contributed by atoms with E-state index in [1.807, 2.05) is 26.0 Å². The molecule has 2 N–H and O–H groups in total. The molecule has 0 aromatic heterocycles. The number of aryl methyl sites for hydroxylation is 1. The van der Waals surface area contributed by atoms with Crippen molar-refractivity contribution in [2.45, 2.75) is 46.3 Å². The van der Waals surface area contributed by atoms with Crippen molar-refractivity contribution in [3.05, 3.63) is 29.3 Å². The zero-order chi connectivity index (χ0) is 14.4. The zero-order valence-electron chi connectivity index (χ0n) is 12.1. The van der Waals surface area contributed by atoms with Gasteiger partial charge in [0.25, 0.3) is 5.91 Å². The van der Waals surface area contributed by atoms with Gasteiger partial charge in [0.05, 0.1) is 6.10 Å². The average molecular weight is 265 g/mol. The molecule has 1 aromatic rings. The van der Waals surface area contributed by atoms with Crippen molar-refractivity contribution in [1.82, 2.24) is 5.32 Å². The highest BCUT2D eigenvalue weighted by atomic mass is 16.5. The van der Waals surface area contributed by atoms with Gasteiger partial charge in [-0.1, -0.05) is 18.6 Å². The monoisotopic (exact) mass is 265 g/mol. The van der Waals surface area contributed by atoms with Crippen LogP contribution in [0.15, 0.2) is 18.2 Å². The lowest BCUT2D eigenvalue weighted by Crippen LogP contribution is -2.36. The van der Waals surface area contributed by atoms with E-state index in [1.54, 1.807) is 19.9 Å². The molecule has 0 aliphatic carbocycles. The first-order valence-electron chi connectivity index (χ1n) is 6.68. The third kappa shape index (κ3) is 4.56. The number of hydrogen-bond donors (Lipinski definition) is 2. The largest absolute Gasteiger partial charge is 0.481 e. The predicted octanol–water partition coefficient (Wildman–Crippen LogP) is 2.34. The van der Waals surface area contributed by atoms with Gasteiger partial charge in [-0.3, -0.25) is 4.79 Å². The second-order valence-electron chi connectivity index (χ2n) is 4.77. The van der Waals surface area contributed by atoms with Crippen LogP contribution in [0.3, 0.4) is 0 Å². The van der Waals surface area contributed by atoms with Crippen molar-refractivity contribution in [1.29, 1.82) is 0 Å². The first-order valence-corrected chi connectivity index (χ1v) is 6.68. The number of hydrogen-bond acceptors (Lipinski definition) is 3. The Bertz CT molecular complexity index is 429. The Morgan fingerprint density at radius 1 is 1.42 bits per heavy atom. The Balaban J connectivity index is 2.78. The van der Waals surface area contributed by atoms with Crippen molar-refractivity contribution < 1.29 is 14.6 Å². The fraction of sp³-hybridized carbons (Fsp3) is 0.533. The number of carbonyl (C=O) groups excluding carboxylic acids is 1. The van der Waals surface area contributed by atoms with Crippen LogP contribution in [0.2, 0.25) is 0 Å². The van der Waals surface area contributed by atoms with E-state index in [0.29, 0.717) is 17.9 Å². The molecular formula is C15H23NO3. The molecule has 4 nitrogen and oxygen atoms in total. The maximum absolute atomic E-state index is 11.8. The fourth-order valence-electron chi connectivity index (χ4n) is 1.74. The highest BCUT2D eigenvalue weighted by Gasteiger charge is 2.17. The van der Waals surface area contributed by atoms with Crippen LogP contribution in [0.25, 0.3) is 0 Å². The summed E-state index contributed by atoms with van der Waals surface area (Å²) in [6.45, 7) is 7.98. The Morgan fingerprint density at radius 2 is 2.11 bits per heavy atom. The van der Waals surface area contributed by atoms with Gasteiger partial charge in [-0.15, -0.1) is 0 Å². The van der Waals surface area contributed by atoms with E-state index in [1.165, 1.54) is 0 Å². The summed E-state index contributed by atoms with van der Waals surface area (Å²) in [4.78, 5) is 11.8. The van der Waals surface area contributed by atoms with E-state index >= 15 is 0 Å². The molecule has 19 heavy (non-hydrogen) atoms. The van der Waals surface area contributed by atoms with Gasteiger partial charge in [-0.05, 0) is 39.3 Å². The second kappa shape index (κ2) is 7.14. The number of nitrogens with one attached hydrogen (secondary N) is 1. The first kappa shape index (κ1) is 15.5. The lowest BCUT2D eigenvalue weighted by Gasteiger charge is -2.18. The third-order valence-corrected chi connectivity index (χ3v) is 2.84. The number of aliphatic hydroxyl groups excluding tert-OH is 1. The minimum absolute atomic E-state index is 0.140. The number of aliphatic hydroxyl groups is 1.